The highest BCUT2D eigenvalue weighted by Crippen LogP contribution is 2.19. The summed E-state index contributed by atoms with van der Waals surface area (Å²) in [5.74, 6) is -0.0549. The zero-order valence-electron chi connectivity index (χ0n) is 9.51. The Balaban J connectivity index is 1.94. The van der Waals surface area contributed by atoms with Crippen LogP contribution in [0.2, 0.25) is 0 Å². The minimum Gasteiger partial charge on any atom is -0.325 e. The van der Waals surface area contributed by atoms with Gasteiger partial charge in [0.2, 0.25) is 11.8 Å². The SMILES string of the molecule is [CH2]c1ccc(NC(=O)CN2C(=O)CSC2=S)cc1. The van der Waals surface area contributed by atoms with Crippen LogP contribution in [-0.2, 0) is 9.59 Å². The molecule has 1 aromatic carbocycles. The highest BCUT2D eigenvalue weighted by Gasteiger charge is 2.28. The van der Waals surface area contributed by atoms with E-state index in [2.05, 4.69) is 12.2 Å². The van der Waals surface area contributed by atoms with Gasteiger partial charge in [0.1, 0.15) is 10.9 Å². The number of nitrogens with zero attached hydrogens (tertiary/aromatic N) is 1. The van der Waals surface area contributed by atoms with Gasteiger partial charge in [-0.15, -0.1) is 0 Å². The van der Waals surface area contributed by atoms with Crippen molar-refractivity contribution < 1.29 is 9.59 Å². The van der Waals surface area contributed by atoms with Crippen molar-refractivity contribution in [2.24, 2.45) is 0 Å². The smallest absolute Gasteiger partial charge is 0.244 e. The fourth-order valence-electron chi connectivity index (χ4n) is 1.47. The highest BCUT2D eigenvalue weighted by atomic mass is 32.2. The summed E-state index contributed by atoms with van der Waals surface area (Å²) in [6.45, 7) is 3.73. The lowest BCUT2D eigenvalue weighted by Gasteiger charge is -2.14. The predicted molar refractivity (Wildman–Crippen MR) is 76.3 cm³/mol. The van der Waals surface area contributed by atoms with Crippen LogP contribution in [0.5, 0.6) is 0 Å². The summed E-state index contributed by atoms with van der Waals surface area (Å²) in [7, 11) is 0. The molecule has 2 amide bonds. The molecule has 0 aromatic heterocycles. The maximum atomic E-state index is 11.8. The lowest BCUT2D eigenvalue weighted by atomic mass is 10.2. The zero-order valence-corrected chi connectivity index (χ0v) is 11.1. The molecule has 1 N–H and O–H groups in total. The van der Waals surface area contributed by atoms with Crippen molar-refractivity contribution in [1.29, 1.82) is 0 Å². The van der Waals surface area contributed by atoms with E-state index in [1.807, 2.05) is 0 Å². The summed E-state index contributed by atoms with van der Waals surface area (Å²) in [5, 5.41) is 2.71. The highest BCUT2D eigenvalue weighted by molar-refractivity contribution is 8.23. The van der Waals surface area contributed by atoms with Gasteiger partial charge in [0, 0.05) is 5.69 Å². The summed E-state index contributed by atoms with van der Waals surface area (Å²) in [5.41, 5.74) is 1.55. The lowest BCUT2D eigenvalue weighted by molar-refractivity contribution is -0.127. The van der Waals surface area contributed by atoms with E-state index < -0.39 is 0 Å². The second-order valence-corrected chi connectivity index (χ2v) is 5.39. The Morgan fingerprint density at radius 1 is 1.44 bits per heavy atom. The number of hydrogen-bond donors (Lipinski definition) is 1. The van der Waals surface area contributed by atoms with Gasteiger partial charge in [-0.2, -0.15) is 0 Å². The number of carbonyl (C=O) groups excluding carboxylic acids is 2. The topological polar surface area (TPSA) is 49.4 Å². The maximum absolute atomic E-state index is 11.8. The van der Waals surface area contributed by atoms with Crippen LogP contribution in [0.25, 0.3) is 0 Å². The molecule has 4 nitrogen and oxygen atoms in total. The van der Waals surface area contributed by atoms with Crippen LogP contribution >= 0.6 is 24.0 Å². The van der Waals surface area contributed by atoms with Crippen LogP contribution in [0.3, 0.4) is 0 Å². The monoisotopic (exact) mass is 279 g/mol. The molecular weight excluding hydrogens is 268 g/mol. The molecule has 1 radical (unpaired) electrons. The predicted octanol–water partition coefficient (Wildman–Crippen LogP) is 1.67. The largest absolute Gasteiger partial charge is 0.325 e. The number of thiocarbonyl (C=S) groups is 1. The molecule has 6 heteroatoms. The fraction of sp³-hybridized carbons (Fsp3) is 0.167. The Kier molecular flexibility index (Phi) is 3.98. The molecule has 1 aromatic rings. The number of hydrogen-bond acceptors (Lipinski definition) is 4. The van der Waals surface area contributed by atoms with Crippen molar-refractivity contribution in [3.05, 3.63) is 36.8 Å². The minimum absolute atomic E-state index is 0.0310. The molecule has 1 aliphatic rings. The first-order valence-electron chi connectivity index (χ1n) is 5.25. The third kappa shape index (κ3) is 3.08. The number of nitrogens with one attached hydrogen (secondary N) is 1. The van der Waals surface area contributed by atoms with Gasteiger partial charge in [0.05, 0.1) is 5.75 Å². The Bertz CT molecular complexity index is 483. The Morgan fingerprint density at radius 3 is 2.67 bits per heavy atom. The van der Waals surface area contributed by atoms with Crippen LogP contribution in [0.4, 0.5) is 5.69 Å². The lowest BCUT2D eigenvalue weighted by Crippen LogP contribution is -2.36. The summed E-state index contributed by atoms with van der Waals surface area (Å²) < 4.78 is 0.461. The molecule has 2 rings (SSSR count). The van der Waals surface area contributed by atoms with Crippen LogP contribution in [-0.4, -0.2) is 33.3 Å². The van der Waals surface area contributed by atoms with Gasteiger partial charge in [0.15, 0.2) is 0 Å². The van der Waals surface area contributed by atoms with E-state index in [1.165, 1.54) is 16.7 Å². The summed E-state index contributed by atoms with van der Waals surface area (Å²) in [6.07, 6.45) is 0. The van der Waals surface area contributed by atoms with E-state index in [4.69, 9.17) is 12.2 Å². The van der Waals surface area contributed by atoms with Crippen LogP contribution in [0.1, 0.15) is 5.56 Å². The number of thioether (sulfide) groups is 1. The molecule has 1 aliphatic heterocycles. The van der Waals surface area contributed by atoms with Gasteiger partial charge in [-0.1, -0.05) is 36.1 Å². The minimum atomic E-state index is -0.259. The molecule has 0 aliphatic carbocycles. The van der Waals surface area contributed by atoms with Crippen molar-refractivity contribution in [2.45, 2.75) is 0 Å². The molecule has 1 heterocycles. The first kappa shape index (κ1) is 13.0. The normalized spacial score (nSPS) is 15.1. The fourth-order valence-corrected chi connectivity index (χ4v) is 2.53. The van der Waals surface area contributed by atoms with Gasteiger partial charge in [0.25, 0.3) is 0 Å². The number of rotatable bonds is 3. The van der Waals surface area contributed by atoms with E-state index in [0.717, 1.165) is 5.56 Å². The van der Waals surface area contributed by atoms with E-state index in [0.29, 0.717) is 15.8 Å². The summed E-state index contributed by atoms with van der Waals surface area (Å²) in [4.78, 5) is 24.5. The van der Waals surface area contributed by atoms with Crippen molar-refractivity contribution in [3.63, 3.8) is 0 Å². The van der Waals surface area contributed by atoms with E-state index in [9.17, 15) is 9.59 Å². The molecule has 0 spiro atoms. The molecule has 93 valence electrons. The van der Waals surface area contributed by atoms with Crippen molar-refractivity contribution in [2.75, 3.05) is 17.6 Å². The third-order valence-corrected chi connectivity index (χ3v) is 3.81. The number of anilines is 1. The average Bonchev–Trinajstić information content (AvgIpc) is 2.64. The standard InChI is InChI=1S/C12H11N2O2S2/c1-8-2-4-9(5-3-8)13-10(15)6-14-11(16)7-18-12(14)17/h2-5H,1,6-7H2,(H,13,15). The second kappa shape index (κ2) is 5.49. The number of carbonyl (C=O) groups is 2. The Morgan fingerprint density at radius 2 is 2.11 bits per heavy atom. The molecule has 0 saturated carbocycles. The van der Waals surface area contributed by atoms with E-state index in [1.54, 1.807) is 24.3 Å². The quantitative estimate of drug-likeness (QED) is 0.855. The van der Waals surface area contributed by atoms with E-state index >= 15 is 0 Å². The van der Waals surface area contributed by atoms with Crippen LogP contribution < -0.4 is 5.32 Å². The molecule has 0 atom stereocenters. The van der Waals surface area contributed by atoms with Crippen molar-refractivity contribution >= 4 is 45.8 Å². The Labute approximate surface area is 115 Å². The van der Waals surface area contributed by atoms with Gasteiger partial charge in [-0.05, 0) is 24.6 Å². The maximum Gasteiger partial charge on any atom is 0.244 e. The molecule has 1 saturated heterocycles. The van der Waals surface area contributed by atoms with E-state index in [-0.39, 0.29) is 18.4 Å². The summed E-state index contributed by atoms with van der Waals surface area (Å²) >= 11 is 6.28. The Hall–Kier alpha value is -1.40. The van der Waals surface area contributed by atoms with Crippen molar-refractivity contribution in [3.8, 4) is 0 Å². The van der Waals surface area contributed by atoms with Gasteiger partial charge < -0.3 is 5.32 Å². The van der Waals surface area contributed by atoms with Gasteiger partial charge >= 0.3 is 0 Å². The van der Waals surface area contributed by atoms with Crippen LogP contribution in [0, 0.1) is 6.92 Å². The molecule has 18 heavy (non-hydrogen) atoms. The average molecular weight is 279 g/mol. The van der Waals surface area contributed by atoms with Crippen LogP contribution in [0.15, 0.2) is 24.3 Å². The molecule has 0 unspecified atom stereocenters. The van der Waals surface area contributed by atoms with Gasteiger partial charge in [-0.25, -0.2) is 0 Å². The van der Waals surface area contributed by atoms with Crippen molar-refractivity contribution in [1.82, 2.24) is 4.90 Å². The third-order valence-electron chi connectivity index (χ3n) is 2.38. The number of amides is 2. The first-order valence-corrected chi connectivity index (χ1v) is 6.64. The molecular formula is C12H11N2O2S2. The zero-order chi connectivity index (χ0) is 13.1. The second-order valence-electron chi connectivity index (χ2n) is 3.78. The number of benzene rings is 1. The summed E-state index contributed by atoms with van der Waals surface area (Å²) in [6, 6.07) is 7.13. The molecule has 1 fully saturated rings. The van der Waals surface area contributed by atoms with Gasteiger partial charge in [-0.3, -0.25) is 14.5 Å². The molecule has 0 bridgehead atoms. The first-order chi connectivity index (χ1) is 8.56.